The zero-order valence-electron chi connectivity index (χ0n) is 14.5. The van der Waals surface area contributed by atoms with E-state index in [4.69, 9.17) is 4.52 Å². The minimum absolute atomic E-state index is 0.192. The van der Waals surface area contributed by atoms with Crippen LogP contribution in [0.4, 0.5) is 5.69 Å². The molecule has 0 atom stereocenters. The van der Waals surface area contributed by atoms with Crippen molar-refractivity contribution >= 4 is 34.2 Å². The normalized spacial score (nSPS) is 21.4. The molecular weight excluding hydrogens is 443 g/mol. The molecule has 0 radical (unpaired) electrons. The second-order valence-electron chi connectivity index (χ2n) is 7.49. The first-order valence-electron chi connectivity index (χ1n) is 9.26. The molecule has 1 spiro atoms. The fourth-order valence-corrected chi connectivity index (χ4v) is 5.03. The maximum atomic E-state index is 13.6. The van der Waals surface area contributed by atoms with E-state index in [1.54, 1.807) is 0 Å². The van der Waals surface area contributed by atoms with Gasteiger partial charge in [-0.2, -0.15) is 4.98 Å². The van der Waals surface area contributed by atoms with Gasteiger partial charge in [-0.15, -0.1) is 0 Å². The monoisotopic (exact) mass is 464 g/mol. The summed E-state index contributed by atoms with van der Waals surface area (Å²) in [5, 5.41) is 7.50. The van der Waals surface area contributed by atoms with E-state index < -0.39 is 5.41 Å². The fourth-order valence-electron chi connectivity index (χ4n) is 4.40. The van der Waals surface area contributed by atoms with Crippen LogP contribution >= 0.6 is 22.6 Å². The van der Waals surface area contributed by atoms with Gasteiger partial charge in [-0.1, -0.05) is 39.9 Å². The van der Waals surface area contributed by atoms with Gasteiger partial charge in [0.1, 0.15) is 6.54 Å². The van der Waals surface area contributed by atoms with E-state index in [1.807, 2.05) is 4.90 Å². The number of fused-ring (bicyclic) bond motifs is 2. The van der Waals surface area contributed by atoms with E-state index in [0.717, 1.165) is 54.7 Å². The number of nitrogens with zero attached hydrogens (tertiary/aromatic N) is 3. The van der Waals surface area contributed by atoms with Crippen molar-refractivity contribution in [1.82, 2.24) is 15.5 Å². The van der Waals surface area contributed by atoms with Crippen LogP contribution in [-0.2, 0) is 21.2 Å². The maximum Gasteiger partial charge on any atom is 0.246 e. The lowest BCUT2D eigenvalue weighted by Crippen LogP contribution is -2.47. The van der Waals surface area contributed by atoms with Crippen LogP contribution in [0.2, 0.25) is 0 Å². The number of rotatable bonds is 4. The molecule has 5 rings (SSSR count). The highest BCUT2D eigenvalue weighted by Gasteiger charge is 2.52. The van der Waals surface area contributed by atoms with E-state index >= 15 is 0 Å². The van der Waals surface area contributed by atoms with Crippen LogP contribution in [0.25, 0.3) is 0 Å². The number of amides is 1. The Morgan fingerprint density at radius 3 is 2.85 bits per heavy atom. The average Bonchev–Trinajstić information content (AvgIpc) is 3.39. The molecule has 3 heterocycles. The van der Waals surface area contributed by atoms with Gasteiger partial charge < -0.3 is 14.7 Å². The Balaban J connectivity index is 1.55. The van der Waals surface area contributed by atoms with Gasteiger partial charge in [0.25, 0.3) is 0 Å². The van der Waals surface area contributed by atoms with Crippen molar-refractivity contribution in [2.75, 3.05) is 18.0 Å². The number of alkyl halides is 1. The van der Waals surface area contributed by atoms with Crippen molar-refractivity contribution in [3.8, 4) is 0 Å². The predicted octanol–water partition coefficient (Wildman–Crippen LogP) is 3.05. The molecule has 1 N–H and O–H groups in total. The lowest BCUT2D eigenvalue weighted by Gasteiger charge is -2.33. The SMILES string of the molecule is O=C1N(Cc2nc(C3CC3)no2)c2cccc(CI)c2C12CCNCC2. The van der Waals surface area contributed by atoms with Gasteiger partial charge in [0.05, 0.1) is 5.41 Å². The number of hydrogen-bond acceptors (Lipinski definition) is 5. The predicted molar refractivity (Wildman–Crippen MR) is 105 cm³/mol. The summed E-state index contributed by atoms with van der Waals surface area (Å²) in [6.45, 7) is 2.12. The van der Waals surface area contributed by atoms with Crippen LogP contribution in [0.5, 0.6) is 0 Å². The van der Waals surface area contributed by atoms with Gasteiger partial charge in [-0.3, -0.25) is 4.79 Å². The second-order valence-corrected chi connectivity index (χ2v) is 8.25. The molecule has 1 aromatic heterocycles. The fraction of sp³-hybridized carbons (Fsp3) is 0.526. The molecule has 2 aliphatic heterocycles. The number of halogens is 1. The molecule has 1 saturated heterocycles. The Morgan fingerprint density at radius 2 is 2.12 bits per heavy atom. The van der Waals surface area contributed by atoms with E-state index in [9.17, 15) is 4.79 Å². The number of carbonyl (C=O) groups is 1. The summed E-state index contributed by atoms with van der Waals surface area (Å²) in [4.78, 5) is 20.0. The van der Waals surface area contributed by atoms with Crippen molar-refractivity contribution in [3.05, 3.63) is 41.0 Å². The van der Waals surface area contributed by atoms with Gasteiger partial charge in [-0.25, -0.2) is 0 Å². The Kier molecular flexibility index (Phi) is 4.04. The zero-order valence-corrected chi connectivity index (χ0v) is 16.7. The van der Waals surface area contributed by atoms with Gasteiger partial charge >= 0.3 is 0 Å². The first-order chi connectivity index (χ1) is 12.7. The van der Waals surface area contributed by atoms with Crippen molar-refractivity contribution in [2.24, 2.45) is 0 Å². The quantitative estimate of drug-likeness (QED) is 0.557. The molecule has 1 amide bonds. The summed E-state index contributed by atoms with van der Waals surface area (Å²) in [6.07, 6.45) is 3.97. The number of hydrogen-bond donors (Lipinski definition) is 1. The number of nitrogens with one attached hydrogen (secondary N) is 1. The van der Waals surface area contributed by atoms with E-state index in [2.05, 4.69) is 56.2 Å². The third-order valence-electron chi connectivity index (χ3n) is 5.87. The Bertz CT molecular complexity index is 855. The molecular formula is C19H21IN4O2. The standard InChI is InChI=1S/C19H21IN4O2/c20-10-13-2-1-3-14-16(13)19(6-8-21-9-7-19)18(25)24(14)11-15-22-17(23-26-15)12-4-5-12/h1-3,12,21H,4-11H2. The third-order valence-corrected chi connectivity index (χ3v) is 6.70. The topological polar surface area (TPSA) is 71.3 Å². The molecule has 1 aromatic carbocycles. The van der Waals surface area contributed by atoms with Crippen LogP contribution in [0.15, 0.2) is 22.7 Å². The number of carbonyl (C=O) groups excluding carboxylic acids is 1. The molecule has 0 bridgehead atoms. The maximum absolute atomic E-state index is 13.6. The molecule has 1 saturated carbocycles. The first-order valence-corrected chi connectivity index (χ1v) is 10.8. The van der Waals surface area contributed by atoms with Crippen molar-refractivity contribution in [2.45, 2.75) is 48.0 Å². The molecule has 2 fully saturated rings. The molecule has 26 heavy (non-hydrogen) atoms. The molecule has 3 aliphatic rings. The van der Waals surface area contributed by atoms with Crippen LogP contribution in [-0.4, -0.2) is 29.1 Å². The summed E-state index contributed by atoms with van der Waals surface area (Å²) >= 11 is 2.40. The smallest absolute Gasteiger partial charge is 0.246 e. The minimum atomic E-state index is -0.401. The van der Waals surface area contributed by atoms with Crippen molar-refractivity contribution in [1.29, 1.82) is 0 Å². The summed E-state index contributed by atoms with van der Waals surface area (Å²) in [6, 6.07) is 6.28. The summed E-state index contributed by atoms with van der Waals surface area (Å²) < 4.78 is 6.36. The van der Waals surface area contributed by atoms with Crippen LogP contribution < -0.4 is 10.2 Å². The zero-order chi connectivity index (χ0) is 17.7. The molecule has 7 heteroatoms. The second kappa shape index (κ2) is 6.30. The highest BCUT2D eigenvalue weighted by molar-refractivity contribution is 14.1. The summed E-state index contributed by atoms with van der Waals surface area (Å²) in [5.41, 5.74) is 3.12. The number of anilines is 1. The Labute approximate surface area is 165 Å². The van der Waals surface area contributed by atoms with Gasteiger partial charge in [-0.05, 0) is 56.0 Å². The largest absolute Gasteiger partial charge is 0.337 e. The van der Waals surface area contributed by atoms with E-state index in [0.29, 0.717) is 18.4 Å². The van der Waals surface area contributed by atoms with Crippen LogP contribution in [0, 0.1) is 0 Å². The lowest BCUT2D eigenvalue weighted by molar-refractivity contribution is -0.124. The van der Waals surface area contributed by atoms with Crippen molar-refractivity contribution in [3.63, 3.8) is 0 Å². The molecule has 6 nitrogen and oxygen atoms in total. The highest BCUT2D eigenvalue weighted by Crippen LogP contribution is 2.49. The molecule has 0 unspecified atom stereocenters. The van der Waals surface area contributed by atoms with Gasteiger partial charge in [0.15, 0.2) is 5.82 Å². The summed E-state index contributed by atoms with van der Waals surface area (Å²) in [5.74, 6) is 1.98. The first kappa shape index (κ1) is 16.7. The molecule has 1 aliphatic carbocycles. The van der Waals surface area contributed by atoms with E-state index in [1.165, 1.54) is 11.1 Å². The number of aromatic nitrogens is 2. The van der Waals surface area contributed by atoms with Gasteiger partial charge in [0.2, 0.25) is 11.8 Å². The average molecular weight is 464 g/mol. The van der Waals surface area contributed by atoms with Crippen LogP contribution in [0.1, 0.15) is 54.4 Å². The van der Waals surface area contributed by atoms with Crippen LogP contribution in [0.3, 0.4) is 0 Å². The Hall–Kier alpha value is -1.48. The lowest BCUT2D eigenvalue weighted by atomic mass is 9.72. The minimum Gasteiger partial charge on any atom is -0.337 e. The molecule has 136 valence electrons. The third kappa shape index (κ3) is 2.51. The number of benzene rings is 1. The van der Waals surface area contributed by atoms with E-state index in [-0.39, 0.29) is 5.91 Å². The molecule has 2 aromatic rings. The Morgan fingerprint density at radius 1 is 1.31 bits per heavy atom. The summed E-state index contributed by atoms with van der Waals surface area (Å²) in [7, 11) is 0. The van der Waals surface area contributed by atoms with Gasteiger partial charge in [0, 0.05) is 16.0 Å². The highest BCUT2D eigenvalue weighted by atomic mass is 127. The van der Waals surface area contributed by atoms with Crippen molar-refractivity contribution < 1.29 is 9.32 Å². The number of piperidine rings is 1.